The van der Waals surface area contributed by atoms with E-state index in [0.29, 0.717) is 30.3 Å². The van der Waals surface area contributed by atoms with Crippen molar-refractivity contribution in [2.45, 2.75) is 26.2 Å². The van der Waals surface area contributed by atoms with Gasteiger partial charge in [0.15, 0.2) is 0 Å². The molecule has 0 bridgehead atoms. The van der Waals surface area contributed by atoms with Crippen LogP contribution in [0.1, 0.15) is 41.4 Å². The van der Waals surface area contributed by atoms with Crippen molar-refractivity contribution in [1.82, 2.24) is 4.98 Å². The van der Waals surface area contributed by atoms with Crippen LogP contribution in [0.3, 0.4) is 0 Å². The minimum Gasteiger partial charge on any atom is -0.306 e. The highest BCUT2D eigenvalue weighted by Gasteiger charge is 2.29. The Morgan fingerprint density at radius 3 is 2.64 bits per heavy atom. The minimum atomic E-state index is -0.441. The Bertz CT molecular complexity index is 1060. The van der Waals surface area contributed by atoms with Gasteiger partial charge in [-0.25, -0.2) is 4.98 Å². The number of aromatic nitrogens is 1. The van der Waals surface area contributed by atoms with Gasteiger partial charge in [0.05, 0.1) is 10.6 Å². The zero-order valence-corrected chi connectivity index (χ0v) is 16.4. The van der Waals surface area contributed by atoms with E-state index in [1.165, 1.54) is 29.0 Å². The second-order valence-electron chi connectivity index (χ2n) is 7.09. The van der Waals surface area contributed by atoms with Crippen molar-refractivity contribution in [2.24, 2.45) is 0 Å². The van der Waals surface area contributed by atoms with Gasteiger partial charge in [-0.2, -0.15) is 0 Å². The number of nitro groups is 1. The largest absolute Gasteiger partial charge is 0.306 e. The van der Waals surface area contributed by atoms with Crippen molar-refractivity contribution in [3.8, 4) is 10.6 Å². The van der Waals surface area contributed by atoms with Crippen LogP contribution in [0.2, 0.25) is 0 Å². The zero-order chi connectivity index (χ0) is 19.8. The standard InChI is InChI=1S/C21H19N3O3S/c1-13(2)14-3-5-16(6-4-14)20-22-18(12-28-20)21(25)23-10-9-15-7-8-17(24(26)27)11-19(15)23/h3-8,11-13H,9-10H2,1-2H3. The highest BCUT2D eigenvalue weighted by atomic mass is 32.1. The van der Waals surface area contributed by atoms with Crippen molar-refractivity contribution in [3.63, 3.8) is 0 Å². The number of nitro benzene ring substituents is 1. The molecule has 0 radical (unpaired) electrons. The van der Waals surface area contributed by atoms with Crippen LogP contribution >= 0.6 is 11.3 Å². The van der Waals surface area contributed by atoms with Crippen LogP contribution in [-0.2, 0) is 6.42 Å². The van der Waals surface area contributed by atoms with E-state index in [4.69, 9.17) is 0 Å². The van der Waals surface area contributed by atoms with Gasteiger partial charge >= 0.3 is 0 Å². The Hall–Kier alpha value is -3.06. The Balaban J connectivity index is 1.59. The predicted octanol–water partition coefficient (Wildman–Crippen LogP) is 5.04. The topological polar surface area (TPSA) is 76.3 Å². The lowest BCUT2D eigenvalue weighted by molar-refractivity contribution is -0.384. The number of carbonyl (C=O) groups is 1. The van der Waals surface area contributed by atoms with Crippen LogP contribution < -0.4 is 4.90 Å². The molecular formula is C21H19N3O3S. The number of carbonyl (C=O) groups excluding carboxylic acids is 1. The molecular weight excluding hydrogens is 374 g/mol. The first-order valence-electron chi connectivity index (χ1n) is 9.09. The van der Waals surface area contributed by atoms with Gasteiger partial charge in [-0.3, -0.25) is 14.9 Å². The molecule has 0 unspecified atom stereocenters. The minimum absolute atomic E-state index is 0.0114. The summed E-state index contributed by atoms with van der Waals surface area (Å²) in [6.07, 6.45) is 0.687. The first kappa shape index (κ1) is 18.3. The van der Waals surface area contributed by atoms with E-state index in [1.807, 2.05) is 12.1 Å². The summed E-state index contributed by atoms with van der Waals surface area (Å²) >= 11 is 1.43. The molecule has 2 heterocycles. The molecule has 6 nitrogen and oxygen atoms in total. The zero-order valence-electron chi connectivity index (χ0n) is 15.6. The van der Waals surface area contributed by atoms with Crippen molar-refractivity contribution in [2.75, 3.05) is 11.4 Å². The van der Waals surface area contributed by atoms with Gasteiger partial charge in [-0.1, -0.05) is 44.2 Å². The maximum Gasteiger partial charge on any atom is 0.277 e. The van der Waals surface area contributed by atoms with E-state index in [2.05, 4.69) is 31.0 Å². The van der Waals surface area contributed by atoms with Crippen LogP contribution in [-0.4, -0.2) is 22.4 Å². The van der Waals surface area contributed by atoms with Crippen molar-refractivity contribution >= 4 is 28.6 Å². The molecule has 2 aromatic carbocycles. The molecule has 1 amide bonds. The molecule has 0 N–H and O–H groups in total. The fraction of sp³-hybridized carbons (Fsp3) is 0.238. The van der Waals surface area contributed by atoms with Gasteiger partial charge in [-0.05, 0) is 23.5 Å². The van der Waals surface area contributed by atoms with Crippen molar-refractivity contribution < 1.29 is 9.72 Å². The maximum atomic E-state index is 13.0. The maximum absolute atomic E-state index is 13.0. The van der Waals surface area contributed by atoms with Crippen LogP contribution in [0.4, 0.5) is 11.4 Å². The van der Waals surface area contributed by atoms with Gasteiger partial charge in [0, 0.05) is 29.6 Å². The molecule has 4 rings (SSSR count). The lowest BCUT2D eigenvalue weighted by Crippen LogP contribution is -2.29. The predicted molar refractivity (Wildman–Crippen MR) is 110 cm³/mol. The number of fused-ring (bicyclic) bond motifs is 1. The normalized spacial score (nSPS) is 13.0. The number of hydrogen-bond donors (Lipinski definition) is 0. The summed E-state index contributed by atoms with van der Waals surface area (Å²) in [6.45, 7) is 4.80. The lowest BCUT2D eigenvalue weighted by atomic mass is 10.0. The number of anilines is 1. The molecule has 1 aromatic heterocycles. The number of non-ortho nitro benzene ring substituents is 1. The third kappa shape index (κ3) is 3.29. The second kappa shape index (κ2) is 7.16. The van der Waals surface area contributed by atoms with E-state index in [0.717, 1.165) is 16.1 Å². The molecule has 142 valence electrons. The van der Waals surface area contributed by atoms with E-state index in [1.54, 1.807) is 16.3 Å². The average Bonchev–Trinajstić information content (AvgIpc) is 3.34. The van der Waals surface area contributed by atoms with E-state index in [9.17, 15) is 14.9 Å². The number of nitrogens with zero attached hydrogens (tertiary/aromatic N) is 3. The number of benzene rings is 2. The fourth-order valence-corrected chi connectivity index (χ4v) is 4.15. The molecule has 1 aliphatic heterocycles. The van der Waals surface area contributed by atoms with E-state index < -0.39 is 4.92 Å². The molecule has 0 spiro atoms. The van der Waals surface area contributed by atoms with Gasteiger partial charge in [0.25, 0.3) is 11.6 Å². The molecule has 0 atom stereocenters. The molecule has 0 fully saturated rings. The highest BCUT2D eigenvalue weighted by Crippen LogP contribution is 2.33. The Labute approximate surface area is 166 Å². The fourth-order valence-electron chi connectivity index (χ4n) is 3.35. The highest BCUT2D eigenvalue weighted by molar-refractivity contribution is 7.13. The summed E-state index contributed by atoms with van der Waals surface area (Å²) < 4.78 is 0. The number of hydrogen-bond acceptors (Lipinski definition) is 5. The number of amides is 1. The van der Waals surface area contributed by atoms with Crippen molar-refractivity contribution in [1.29, 1.82) is 0 Å². The molecule has 0 saturated heterocycles. The number of thiazole rings is 1. The first-order chi connectivity index (χ1) is 13.4. The third-order valence-electron chi connectivity index (χ3n) is 4.97. The Morgan fingerprint density at radius 1 is 1.21 bits per heavy atom. The van der Waals surface area contributed by atoms with Gasteiger partial charge < -0.3 is 4.90 Å². The smallest absolute Gasteiger partial charge is 0.277 e. The average molecular weight is 393 g/mol. The van der Waals surface area contributed by atoms with Gasteiger partial charge in [-0.15, -0.1) is 11.3 Å². The lowest BCUT2D eigenvalue weighted by Gasteiger charge is -2.15. The molecule has 0 aliphatic carbocycles. The van der Waals surface area contributed by atoms with Crippen LogP contribution in [0.5, 0.6) is 0 Å². The monoisotopic (exact) mass is 393 g/mol. The summed E-state index contributed by atoms with van der Waals surface area (Å²) in [4.78, 5) is 29.7. The SMILES string of the molecule is CC(C)c1ccc(-c2nc(C(=O)N3CCc4ccc([N+](=O)[O-])cc43)cs2)cc1. The molecule has 28 heavy (non-hydrogen) atoms. The quantitative estimate of drug-likeness (QED) is 0.459. The Kier molecular flexibility index (Phi) is 4.68. The van der Waals surface area contributed by atoms with Crippen LogP contribution in [0.25, 0.3) is 10.6 Å². The molecule has 0 saturated carbocycles. The molecule has 1 aliphatic rings. The summed E-state index contributed by atoms with van der Waals surface area (Å²) in [5.74, 6) is 0.238. The van der Waals surface area contributed by atoms with Gasteiger partial charge in [0.2, 0.25) is 0 Å². The van der Waals surface area contributed by atoms with E-state index in [-0.39, 0.29) is 11.6 Å². The Morgan fingerprint density at radius 2 is 1.96 bits per heavy atom. The van der Waals surface area contributed by atoms with Crippen LogP contribution in [0.15, 0.2) is 47.8 Å². The van der Waals surface area contributed by atoms with Crippen LogP contribution in [0, 0.1) is 10.1 Å². The molecule has 3 aromatic rings. The van der Waals surface area contributed by atoms with E-state index >= 15 is 0 Å². The summed E-state index contributed by atoms with van der Waals surface area (Å²) in [5, 5.41) is 13.6. The summed E-state index contributed by atoms with van der Waals surface area (Å²) in [5.41, 5.74) is 4.14. The third-order valence-corrected chi connectivity index (χ3v) is 5.86. The van der Waals surface area contributed by atoms with Gasteiger partial charge in [0.1, 0.15) is 10.7 Å². The first-order valence-corrected chi connectivity index (χ1v) is 9.97. The summed E-state index contributed by atoms with van der Waals surface area (Å²) in [7, 11) is 0. The summed E-state index contributed by atoms with van der Waals surface area (Å²) in [6, 6.07) is 12.9. The number of rotatable bonds is 4. The second-order valence-corrected chi connectivity index (χ2v) is 7.95. The molecule has 7 heteroatoms. The van der Waals surface area contributed by atoms with Crippen molar-refractivity contribution in [3.05, 3.63) is 74.8 Å².